The van der Waals surface area contributed by atoms with E-state index in [1.54, 1.807) is 6.20 Å². The van der Waals surface area contributed by atoms with Crippen molar-refractivity contribution < 1.29 is 4.79 Å². The molecule has 4 aromatic rings. The number of nitrogens with one attached hydrogen (secondary N) is 1. The summed E-state index contributed by atoms with van der Waals surface area (Å²) in [6.07, 6.45) is 6.88. The number of nitrogens with zero attached hydrogens (tertiary/aromatic N) is 3. The molecule has 6 nitrogen and oxygen atoms in total. The maximum atomic E-state index is 11.9. The molecular formula is C27H29N5O. The minimum atomic E-state index is -0.384. The molecule has 1 amide bonds. The number of primary amides is 1. The summed E-state index contributed by atoms with van der Waals surface area (Å²) in [5, 5.41) is 8.20. The van der Waals surface area contributed by atoms with Gasteiger partial charge in [-0.3, -0.25) is 4.79 Å². The summed E-state index contributed by atoms with van der Waals surface area (Å²) in [6, 6.07) is 20.6. The van der Waals surface area contributed by atoms with Crippen molar-refractivity contribution in [3.8, 4) is 11.1 Å². The van der Waals surface area contributed by atoms with Gasteiger partial charge in [0.1, 0.15) is 5.82 Å². The molecule has 0 bridgehead atoms. The molecule has 0 aliphatic heterocycles. The largest absolute Gasteiger partial charge is 0.367 e. The first-order chi connectivity index (χ1) is 16.1. The zero-order valence-corrected chi connectivity index (χ0v) is 18.9. The van der Waals surface area contributed by atoms with E-state index >= 15 is 0 Å². The number of carbonyl (C=O) groups is 1. The maximum absolute atomic E-state index is 11.9. The van der Waals surface area contributed by atoms with E-state index in [0.717, 1.165) is 54.8 Å². The van der Waals surface area contributed by atoms with Crippen LogP contribution in [0, 0.1) is 0 Å². The van der Waals surface area contributed by atoms with Crippen molar-refractivity contribution >= 4 is 17.4 Å². The van der Waals surface area contributed by atoms with Crippen molar-refractivity contribution in [3.05, 3.63) is 83.7 Å². The average molecular weight is 440 g/mol. The summed E-state index contributed by atoms with van der Waals surface area (Å²) in [6.45, 7) is 2.17. The van der Waals surface area contributed by atoms with Gasteiger partial charge in [0.05, 0.1) is 6.20 Å². The number of aromatic nitrogens is 3. The van der Waals surface area contributed by atoms with Crippen LogP contribution >= 0.6 is 0 Å². The zero-order valence-electron chi connectivity index (χ0n) is 18.9. The summed E-state index contributed by atoms with van der Waals surface area (Å²) in [7, 11) is 0. The molecule has 2 heterocycles. The maximum Gasteiger partial charge on any atom is 0.248 e. The second-order valence-corrected chi connectivity index (χ2v) is 8.87. The van der Waals surface area contributed by atoms with E-state index in [-0.39, 0.29) is 5.91 Å². The van der Waals surface area contributed by atoms with Crippen LogP contribution in [0.1, 0.15) is 60.1 Å². The highest BCUT2D eigenvalue weighted by atomic mass is 16.1. The highest BCUT2D eigenvalue weighted by Crippen LogP contribution is 2.41. The summed E-state index contributed by atoms with van der Waals surface area (Å²) in [5.74, 6) is 0.959. The Kier molecular flexibility index (Phi) is 5.82. The third-order valence-electron chi connectivity index (χ3n) is 6.56. The number of hydrogen-bond acceptors (Lipinski definition) is 4. The molecule has 0 saturated heterocycles. The normalized spacial score (nSPS) is 18.0. The Morgan fingerprint density at radius 2 is 1.97 bits per heavy atom. The van der Waals surface area contributed by atoms with Gasteiger partial charge in [0.2, 0.25) is 5.91 Å². The molecule has 2 aromatic carbocycles. The molecule has 0 radical (unpaired) electrons. The highest BCUT2D eigenvalue weighted by molar-refractivity contribution is 5.94. The smallest absolute Gasteiger partial charge is 0.248 e. The van der Waals surface area contributed by atoms with Crippen LogP contribution in [-0.4, -0.2) is 26.5 Å². The Hall–Kier alpha value is -3.67. The predicted octanol–water partition coefficient (Wildman–Crippen LogP) is 5.20. The molecule has 168 valence electrons. The fraction of sp³-hybridized carbons (Fsp3) is 0.296. The van der Waals surface area contributed by atoms with Gasteiger partial charge in [0.15, 0.2) is 5.65 Å². The third-order valence-corrected chi connectivity index (χ3v) is 6.56. The molecule has 3 N–H and O–H groups in total. The zero-order chi connectivity index (χ0) is 22.8. The van der Waals surface area contributed by atoms with Gasteiger partial charge in [-0.1, -0.05) is 49.7 Å². The second kappa shape index (κ2) is 9.06. The molecule has 1 fully saturated rings. The molecule has 2 atom stereocenters. The molecule has 1 aliphatic rings. The molecule has 33 heavy (non-hydrogen) atoms. The molecule has 1 saturated carbocycles. The van der Waals surface area contributed by atoms with Gasteiger partial charge < -0.3 is 11.1 Å². The minimum Gasteiger partial charge on any atom is -0.367 e. The van der Waals surface area contributed by atoms with E-state index < -0.39 is 0 Å². The third kappa shape index (κ3) is 4.33. The number of carbonyl (C=O) groups excluding carboxylic acids is 1. The molecule has 0 spiro atoms. The Morgan fingerprint density at radius 3 is 2.76 bits per heavy atom. The van der Waals surface area contributed by atoms with E-state index in [4.69, 9.17) is 10.7 Å². The first-order valence-electron chi connectivity index (χ1n) is 11.7. The number of hydrogen-bond donors (Lipinski definition) is 2. The quantitative estimate of drug-likeness (QED) is 0.415. The van der Waals surface area contributed by atoms with Crippen molar-refractivity contribution in [2.45, 2.75) is 51.0 Å². The van der Waals surface area contributed by atoms with E-state index in [0.29, 0.717) is 17.5 Å². The monoisotopic (exact) mass is 439 g/mol. The standard InChI is InChI=1S/C27H29N5O/c1-2-6-21-17-26(32-25(30-21)13-14-29-32)31-22-11-9-19(15-22)24-16-20(27(28)33)10-12-23(24)18-7-4-3-5-8-18/h3-5,7-8,10,12-14,16-17,19,22,31H,2,6,9,11,15H2,1H3,(H2,28,33)/t19-,22-/m1/s1. The Morgan fingerprint density at radius 1 is 1.12 bits per heavy atom. The molecule has 2 aromatic heterocycles. The summed E-state index contributed by atoms with van der Waals surface area (Å²) >= 11 is 0. The Labute approximate surface area is 193 Å². The SMILES string of the molecule is CCCc1cc(N[C@@H]2CC[C@@H](c3cc(C(N)=O)ccc3-c3ccccc3)C2)n2nccc2n1. The molecule has 6 heteroatoms. The Bertz CT molecular complexity index is 1280. The molecule has 5 rings (SSSR count). The fourth-order valence-corrected chi connectivity index (χ4v) is 4.99. The lowest BCUT2D eigenvalue weighted by molar-refractivity contribution is 0.1000. The summed E-state index contributed by atoms with van der Waals surface area (Å²) in [5.41, 5.74) is 11.7. The van der Waals surface area contributed by atoms with Gasteiger partial charge in [-0.25, -0.2) is 4.98 Å². The van der Waals surface area contributed by atoms with Crippen LogP contribution in [0.15, 0.2) is 66.9 Å². The topological polar surface area (TPSA) is 85.3 Å². The lowest BCUT2D eigenvalue weighted by Gasteiger charge is -2.19. The summed E-state index contributed by atoms with van der Waals surface area (Å²) < 4.78 is 1.88. The van der Waals surface area contributed by atoms with Gasteiger partial charge in [-0.15, -0.1) is 0 Å². The molecule has 0 unspecified atom stereocenters. The van der Waals surface area contributed by atoms with E-state index in [1.165, 1.54) is 11.1 Å². The van der Waals surface area contributed by atoms with Crippen molar-refractivity contribution in [3.63, 3.8) is 0 Å². The Balaban J connectivity index is 1.43. The molecule has 1 aliphatic carbocycles. The number of benzene rings is 2. The van der Waals surface area contributed by atoms with Gasteiger partial charge >= 0.3 is 0 Å². The van der Waals surface area contributed by atoms with Crippen molar-refractivity contribution in [1.82, 2.24) is 14.6 Å². The van der Waals surface area contributed by atoms with Gasteiger partial charge in [-0.2, -0.15) is 9.61 Å². The number of aryl methyl sites for hydroxylation is 1. The lowest BCUT2D eigenvalue weighted by atomic mass is 9.88. The molecular weight excluding hydrogens is 410 g/mol. The number of anilines is 1. The van der Waals surface area contributed by atoms with Crippen LogP contribution in [0.5, 0.6) is 0 Å². The van der Waals surface area contributed by atoms with Crippen molar-refractivity contribution in [2.24, 2.45) is 5.73 Å². The lowest BCUT2D eigenvalue weighted by Crippen LogP contribution is -2.18. The number of rotatable bonds is 7. The first kappa shape index (κ1) is 21.2. The predicted molar refractivity (Wildman–Crippen MR) is 131 cm³/mol. The van der Waals surface area contributed by atoms with E-state index in [1.807, 2.05) is 47.0 Å². The fourth-order valence-electron chi connectivity index (χ4n) is 4.99. The van der Waals surface area contributed by atoms with Gasteiger partial charge in [0.25, 0.3) is 0 Å². The van der Waals surface area contributed by atoms with Crippen LogP contribution in [-0.2, 0) is 6.42 Å². The van der Waals surface area contributed by atoms with Crippen LogP contribution < -0.4 is 11.1 Å². The number of amides is 1. The van der Waals surface area contributed by atoms with Crippen LogP contribution in [0.3, 0.4) is 0 Å². The van der Waals surface area contributed by atoms with Crippen LogP contribution in [0.25, 0.3) is 16.8 Å². The average Bonchev–Trinajstić information content (AvgIpc) is 3.49. The highest BCUT2D eigenvalue weighted by Gasteiger charge is 2.29. The van der Waals surface area contributed by atoms with Crippen molar-refractivity contribution in [2.75, 3.05) is 5.32 Å². The second-order valence-electron chi connectivity index (χ2n) is 8.87. The number of fused-ring (bicyclic) bond motifs is 1. The van der Waals surface area contributed by atoms with Gasteiger partial charge in [-0.05, 0) is 60.4 Å². The van der Waals surface area contributed by atoms with E-state index in [2.05, 4.69) is 35.5 Å². The van der Waals surface area contributed by atoms with E-state index in [9.17, 15) is 4.79 Å². The van der Waals surface area contributed by atoms with Crippen molar-refractivity contribution in [1.29, 1.82) is 0 Å². The van der Waals surface area contributed by atoms with Crippen LogP contribution in [0.2, 0.25) is 0 Å². The minimum absolute atomic E-state index is 0.320. The summed E-state index contributed by atoms with van der Waals surface area (Å²) in [4.78, 5) is 16.6. The van der Waals surface area contributed by atoms with Gasteiger partial charge in [0, 0.05) is 29.4 Å². The number of nitrogens with two attached hydrogens (primary N) is 1. The van der Waals surface area contributed by atoms with Crippen LogP contribution in [0.4, 0.5) is 5.82 Å². The first-order valence-corrected chi connectivity index (χ1v) is 11.7.